The Morgan fingerprint density at radius 1 is 0.811 bits per heavy atom. The van der Waals surface area contributed by atoms with E-state index in [2.05, 4.69) is 10.0 Å². The quantitative estimate of drug-likeness (QED) is 0.446. The van der Waals surface area contributed by atoms with Crippen molar-refractivity contribution in [3.63, 3.8) is 0 Å². The molecule has 8 nitrogen and oxygen atoms in total. The molecule has 2 N–H and O–H groups in total. The molecule has 0 aliphatic carbocycles. The van der Waals surface area contributed by atoms with Gasteiger partial charge in [0.15, 0.2) is 0 Å². The van der Waals surface area contributed by atoms with Crippen molar-refractivity contribution in [2.24, 2.45) is 0 Å². The maximum atomic E-state index is 13.0. The lowest BCUT2D eigenvalue weighted by molar-refractivity contribution is -0.137. The first-order valence-electron chi connectivity index (χ1n) is 11.1. The van der Waals surface area contributed by atoms with Gasteiger partial charge in [-0.15, -0.1) is 0 Å². The smallest absolute Gasteiger partial charge is 0.322 e. The minimum Gasteiger partial charge on any atom is -0.322 e. The van der Waals surface area contributed by atoms with E-state index in [4.69, 9.17) is 0 Å². The van der Waals surface area contributed by atoms with Crippen LogP contribution < -0.4 is 10.0 Å². The topological polar surface area (TPSA) is 113 Å². The van der Waals surface area contributed by atoms with Crippen LogP contribution in [-0.4, -0.2) is 40.1 Å². The van der Waals surface area contributed by atoms with Crippen molar-refractivity contribution in [2.45, 2.75) is 28.8 Å². The molecule has 37 heavy (non-hydrogen) atoms. The lowest BCUT2D eigenvalue weighted by atomic mass is 10.1. The van der Waals surface area contributed by atoms with Gasteiger partial charge in [-0.05, 0) is 67.4 Å². The molecule has 0 bridgehead atoms. The summed E-state index contributed by atoms with van der Waals surface area (Å²) in [6.07, 6.45) is -3.14. The number of rotatable bonds is 7. The van der Waals surface area contributed by atoms with E-state index in [1.54, 1.807) is 0 Å². The molecule has 1 amide bonds. The highest BCUT2D eigenvalue weighted by atomic mass is 32.2. The van der Waals surface area contributed by atoms with Gasteiger partial charge in [-0.25, -0.2) is 16.8 Å². The third-order valence-electron chi connectivity index (χ3n) is 5.70. The minimum absolute atomic E-state index is 0.0849. The van der Waals surface area contributed by atoms with Crippen LogP contribution in [0.2, 0.25) is 0 Å². The number of alkyl halides is 3. The van der Waals surface area contributed by atoms with E-state index >= 15 is 0 Å². The van der Waals surface area contributed by atoms with Gasteiger partial charge in [-0.1, -0.05) is 18.2 Å². The van der Waals surface area contributed by atoms with Gasteiger partial charge in [0.25, 0.3) is 15.9 Å². The molecular weight excluding hydrogens is 531 g/mol. The fraction of sp³-hybridized carbons (Fsp3) is 0.208. The lowest BCUT2D eigenvalue weighted by Crippen LogP contribution is -2.27. The summed E-state index contributed by atoms with van der Waals surface area (Å²) in [5.74, 6) is -0.711. The van der Waals surface area contributed by atoms with Crippen LogP contribution in [0.4, 0.5) is 24.5 Å². The van der Waals surface area contributed by atoms with Crippen molar-refractivity contribution < 1.29 is 34.8 Å². The molecule has 196 valence electrons. The molecule has 1 saturated heterocycles. The molecule has 0 aromatic heterocycles. The Balaban J connectivity index is 1.53. The Kier molecular flexibility index (Phi) is 7.31. The number of halogens is 3. The molecule has 0 atom stereocenters. The zero-order chi connectivity index (χ0) is 26.8. The number of para-hydroxylation sites is 1. The standard InChI is InChI=1S/C24H22F3N3O5S2/c25-24(26,27)17-6-5-7-20(16-17)36(32,33)29-22-9-2-1-8-21(22)23(31)28-18-10-12-19(13-11-18)37(34,35)30-14-3-4-15-30/h1-2,5-13,16,29H,3-4,14-15H2,(H,28,31). The molecule has 1 aliphatic heterocycles. The first-order chi connectivity index (χ1) is 17.4. The van der Waals surface area contributed by atoms with Gasteiger partial charge >= 0.3 is 6.18 Å². The molecule has 3 aromatic carbocycles. The van der Waals surface area contributed by atoms with E-state index in [0.29, 0.717) is 19.2 Å². The number of sulfonamides is 2. The summed E-state index contributed by atoms with van der Waals surface area (Å²) < 4.78 is 93.5. The molecule has 1 heterocycles. The van der Waals surface area contributed by atoms with E-state index in [0.717, 1.165) is 31.0 Å². The fourth-order valence-electron chi connectivity index (χ4n) is 3.80. The Morgan fingerprint density at radius 3 is 2.11 bits per heavy atom. The molecular formula is C24H22F3N3O5S2. The van der Waals surface area contributed by atoms with E-state index in [-0.39, 0.29) is 21.8 Å². The number of hydrogen-bond donors (Lipinski definition) is 2. The van der Waals surface area contributed by atoms with Crippen LogP contribution in [0, 0.1) is 0 Å². The predicted octanol–water partition coefficient (Wildman–Crippen LogP) is 4.54. The molecule has 0 spiro atoms. The number of carbonyl (C=O) groups is 1. The van der Waals surface area contributed by atoms with Gasteiger partial charge in [0.2, 0.25) is 10.0 Å². The summed E-state index contributed by atoms with van der Waals surface area (Å²) in [5.41, 5.74) is -1.10. The van der Waals surface area contributed by atoms with Crippen LogP contribution in [0.5, 0.6) is 0 Å². The highest BCUT2D eigenvalue weighted by Crippen LogP contribution is 2.31. The van der Waals surface area contributed by atoms with Gasteiger partial charge in [0.05, 0.1) is 26.6 Å². The van der Waals surface area contributed by atoms with Crippen LogP contribution >= 0.6 is 0 Å². The van der Waals surface area contributed by atoms with E-state index < -0.39 is 42.6 Å². The van der Waals surface area contributed by atoms with Crippen molar-refractivity contribution in [2.75, 3.05) is 23.1 Å². The second-order valence-electron chi connectivity index (χ2n) is 8.27. The van der Waals surface area contributed by atoms with Crippen LogP contribution in [0.15, 0.2) is 82.6 Å². The third kappa shape index (κ3) is 5.95. The average molecular weight is 554 g/mol. The number of hydrogen-bond acceptors (Lipinski definition) is 5. The summed E-state index contributed by atoms with van der Waals surface area (Å²) in [6.45, 7) is 0.905. The number of amides is 1. The van der Waals surface area contributed by atoms with E-state index in [1.807, 2.05) is 0 Å². The summed E-state index contributed by atoms with van der Waals surface area (Å²) >= 11 is 0. The second kappa shape index (κ2) is 10.1. The monoisotopic (exact) mass is 553 g/mol. The highest BCUT2D eigenvalue weighted by molar-refractivity contribution is 7.92. The Bertz CT molecular complexity index is 1520. The highest BCUT2D eigenvalue weighted by Gasteiger charge is 2.32. The van der Waals surface area contributed by atoms with Crippen LogP contribution in [0.3, 0.4) is 0 Å². The van der Waals surface area contributed by atoms with Crippen molar-refractivity contribution in [1.29, 1.82) is 0 Å². The number of benzene rings is 3. The van der Waals surface area contributed by atoms with Gasteiger partial charge in [-0.3, -0.25) is 9.52 Å². The van der Waals surface area contributed by atoms with Gasteiger partial charge in [0.1, 0.15) is 0 Å². The molecule has 13 heteroatoms. The van der Waals surface area contributed by atoms with Crippen molar-refractivity contribution in [1.82, 2.24) is 4.31 Å². The summed E-state index contributed by atoms with van der Waals surface area (Å²) in [6, 6.07) is 14.4. The third-order valence-corrected chi connectivity index (χ3v) is 8.98. The van der Waals surface area contributed by atoms with Crippen molar-refractivity contribution in [3.05, 3.63) is 83.9 Å². The Hall–Kier alpha value is -3.42. The van der Waals surface area contributed by atoms with Gasteiger partial charge in [0, 0.05) is 18.8 Å². The van der Waals surface area contributed by atoms with E-state index in [1.165, 1.54) is 52.8 Å². The molecule has 0 unspecified atom stereocenters. The van der Waals surface area contributed by atoms with Crippen molar-refractivity contribution >= 4 is 37.3 Å². The number of nitrogens with zero attached hydrogens (tertiary/aromatic N) is 1. The molecule has 0 radical (unpaired) electrons. The van der Waals surface area contributed by atoms with E-state index in [9.17, 15) is 34.8 Å². The van der Waals surface area contributed by atoms with Crippen molar-refractivity contribution in [3.8, 4) is 0 Å². The molecule has 1 aliphatic rings. The molecule has 3 aromatic rings. The zero-order valence-corrected chi connectivity index (χ0v) is 20.8. The molecule has 0 saturated carbocycles. The lowest BCUT2D eigenvalue weighted by Gasteiger charge is -2.16. The average Bonchev–Trinajstić information content (AvgIpc) is 3.40. The predicted molar refractivity (Wildman–Crippen MR) is 131 cm³/mol. The molecule has 4 rings (SSSR count). The Morgan fingerprint density at radius 2 is 1.46 bits per heavy atom. The first-order valence-corrected chi connectivity index (χ1v) is 14.0. The fourth-order valence-corrected chi connectivity index (χ4v) is 6.44. The SMILES string of the molecule is O=C(Nc1ccc(S(=O)(=O)N2CCCC2)cc1)c1ccccc1NS(=O)(=O)c1cccc(C(F)(F)F)c1. The maximum Gasteiger partial charge on any atom is 0.416 e. The largest absolute Gasteiger partial charge is 0.416 e. The van der Waals surface area contributed by atoms with Crippen LogP contribution in [0.25, 0.3) is 0 Å². The summed E-state index contributed by atoms with van der Waals surface area (Å²) in [5, 5.41) is 2.57. The van der Waals surface area contributed by atoms with Crippen LogP contribution in [-0.2, 0) is 26.2 Å². The second-order valence-corrected chi connectivity index (χ2v) is 11.9. The normalized spacial score (nSPS) is 14.9. The van der Waals surface area contributed by atoms with Crippen LogP contribution in [0.1, 0.15) is 28.8 Å². The molecule has 1 fully saturated rings. The van der Waals surface area contributed by atoms with Gasteiger partial charge < -0.3 is 5.32 Å². The van der Waals surface area contributed by atoms with Gasteiger partial charge in [-0.2, -0.15) is 17.5 Å². The Labute approximate surface area is 212 Å². The zero-order valence-electron chi connectivity index (χ0n) is 19.2. The number of nitrogens with one attached hydrogen (secondary N) is 2. The number of carbonyl (C=O) groups excluding carboxylic acids is 1. The summed E-state index contributed by atoms with van der Waals surface area (Å²) in [7, 11) is -8.08. The summed E-state index contributed by atoms with van der Waals surface area (Å²) in [4.78, 5) is 12.4. The first kappa shape index (κ1) is 26.6. The minimum atomic E-state index is -4.73. The maximum absolute atomic E-state index is 13.0. The number of anilines is 2.